The minimum Gasteiger partial charge on any atom is -0.256 e. The van der Waals surface area contributed by atoms with Crippen LogP contribution in [0.1, 0.15) is 11.4 Å². The lowest BCUT2D eigenvalue weighted by molar-refractivity contribution is -0.149. The minimum atomic E-state index is -5.04. The number of nitrogens with zero attached hydrogens (tertiary/aromatic N) is 2. The van der Waals surface area contributed by atoms with Gasteiger partial charge in [-0.15, -0.1) is 0 Å². The van der Waals surface area contributed by atoms with E-state index in [-0.39, 0.29) is 5.69 Å². The molecule has 2 nitrogen and oxygen atoms in total. The van der Waals surface area contributed by atoms with Gasteiger partial charge in [0, 0.05) is 17.1 Å². The maximum Gasteiger partial charge on any atom is 0.434 e. The van der Waals surface area contributed by atoms with Crippen LogP contribution in [0.25, 0.3) is 22.0 Å². The van der Waals surface area contributed by atoms with Gasteiger partial charge in [-0.05, 0) is 23.6 Å². The number of hydrogen-bond donors (Lipinski definition) is 0. The van der Waals surface area contributed by atoms with Gasteiger partial charge in [0.15, 0.2) is 5.69 Å². The first kappa shape index (κ1) is 16.2. The van der Waals surface area contributed by atoms with E-state index in [2.05, 4.69) is 9.97 Å². The standard InChI is InChI=1S/C16H8F6N2/c17-15(18,19)13-6-5-11(14(24-13)16(20,21)22)12-7-9-3-1-2-4-10(9)8-23-12/h1-8H. The van der Waals surface area contributed by atoms with Crippen molar-refractivity contribution in [2.45, 2.75) is 12.4 Å². The average molecular weight is 342 g/mol. The summed E-state index contributed by atoms with van der Waals surface area (Å²) in [5, 5.41) is 1.32. The SMILES string of the molecule is FC(F)(F)c1ccc(-c2cc3ccccc3cn2)c(C(F)(F)F)n1. The van der Waals surface area contributed by atoms with Crippen LogP contribution >= 0.6 is 0 Å². The molecule has 0 fully saturated rings. The van der Waals surface area contributed by atoms with Crippen LogP contribution in [0.2, 0.25) is 0 Å². The largest absolute Gasteiger partial charge is 0.434 e. The third kappa shape index (κ3) is 3.04. The molecule has 2 heterocycles. The number of rotatable bonds is 1. The number of alkyl halides is 6. The Morgan fingerprint density at radius 1 is 0.750 bits per heavy atom. The minimum absolute atomic E-state index is 0.0951. The van der Waals surface area contributed by atoms with Gasteiger partial charge < -0.3 is 0 Å². The van der Waals surface area contributed by atoms with Gasteiger partial charge in [-0.25, -0.2) is 4.98 Å². The zero-order valence-electron chi connectivity index (χ0n) is 11.8. The van der Waals surface area contributed by atoms with Crippen LogP contribution in [-0.4, -0.2) is 9.97 Å². The molecule has 0 spiro atoms. The van der Waals surface area contributed by atoms with Gasteiger partial charge in [0.1, 0.15) is 5.69 Å². The zero-order chi connectivity index (χ0) is 17.5. The van der Waals surface area contributed by atoms with Crippen molar-refractivity contribution >= 4 is 10.8 Å². The van der Waals surface area contributed by atoms with Crippen molar-refractivity contribution in [2.75, 3.05) is 0 Å². The van der Waals surface area contributed by atoms with Crippen molar-refractivity contribution in [2.24, 2.45) is 0 Å². The molecule has 0 aliphatic carbocycles. The number of fused-ring (bicyclic) bond motifs is 1. The Kier molecular flexibility index (Phi) is 3.70. The van der Waals surface area contributed by atoms with E-state index in [9.17, 15) is 26.3 Å². The third-order valence-corrected chi connectivity index (χ3v) is 3.36. The second-order valence-electron chi connectivity index (χ2n) is 5.00. The predicted molar refractivity (Wildman–Crippen MR) is 75.0 cm³/mol. The van der Waals surface area contributed by atoms with Crippen molar-refractivity contribution in [1.29, 1.82) is 0 Å². The summed E-state index contributed by atoms with van der Waals surface area (Å²) in [6, 6.07) is 9.48. The lowest BCUT2D eigenvalue weighted by Gasteiger charge is -2.14. The van der Waals surface area contributed by atoms with Gasteiger partial charge in [-0.3, -0.25) is 4.98 Å². The molecule has 24 heavy (non-hydrogen) atoms. The number of aromatic nitrogens is 2. The molecule has 0 aliphatic heterocycles. The van der Waals surface area contributed by atoms with E-state index >= 15 is 0 Å². The van der Waals surface area contributed by atoms with Crippen LogP contribution in [0.4, 0.5) is 26.3 Å². The molecule has 0 amide bonds. The Bertz CT molecular complexity index is 899. The summed E-state index contributed by atoms with van der Waals surface area (Å²) in [5.41, 5.74) is -3.80. The molecule has 0 saturated carbocycles. The Labute approximate surface area is 131 Å². The van der Waals surface area contributed by atoms with Gasteiger partial charge >= 0.3 is 12.4 Å². The highest BCUT2D eigenvalue weighted by molar-refractivity contribution is 5.85. The second-order valence-corrected chi connectivity index (χ2v) is 5.00. The van der Waals surface area contributed by atoms with Crippen molar-refractivity contribution in [3.8, 4) is 11.3 Å². The van der Waals surface area contributed by atoms with Gasteiger partial charge in [0.05, 0.1) is 5.69 Å². The summed E-state index contributed by atoms with van der Waals surface area (Å²) in [6.45, 7) is 0. The first-order valence-electron chi connectivity index (χ1n) is 6.67. The molecule has 0 aliphatic rings. The molecule has 8 heteroatoms. The van der Waals surface area contributed by atoms with E-state index in [1.54, 1.807) is 24.3 Å². The summed E-state index contributed by atoms with van der Waals surface area (Å²) in [5.74, 6) is 0. The molecule has 3 rings (SSSR count). The predicted octanol–water partition coefficient (Wildman–Crippen LogP) is 5.33. The molecule has 0 unspecified atom stereocenters. The smallest absolute Gasteiger partial charge is 0.256 e. The van der Waals surface area contributed by atoms with Crippen LogP contribution in [-0.2, 0) is 12.4 Å². The fourth-order valence-electron chi connectivity index (χ4n) is 2.27. The highest BCUT2D eigenvalue weighted by atomic mass is 19.4. The van der Waals surface area contributed by atoms with Crippen LogP contribution in [0.5, 0.6) is 0 Å². The van der Waals surface area contributed by atoms with Crippen LogP contribution in [0.15, 0.2) is 48.7 Å². The number of pyridine rings is 2. The monoisotopic (exact) mass is 342 g/mol. The van der Waals surface area contributed by atoms with Gasteiger partial charge in [-0.2, -0.15) is 26.3 Å². The van der Waals surface area contributed by atoms with Crippen LogP contribution in [0, 0.1) is 0 Å². The Morgan fingerprint density at radius 3 is 2.04 bits per heavy atom. The normalized spacial score (nSPS) is 12.6. The molecular weight excluding hydrogens is 334 g/mol. The maximum atomic E-state index is 13.2. The maximum absolute atomic E-state index is 13.2. The van der Waals surface area contributed by atoms with Gasteiger partial charge in [0.2, 0.25) is 0 Å². The lowest BCUT2D eigenvalue weighted by atomic mass is 10.0. The van der Waals surface area contributed by atoms with E-state index in [0.717, 1.165) is 6.07 Å². The molecule has 0 atom stereocenters. The van der Waals surface area contributed by atoms with Crippen LogP contribution < -0.4 is 0 Å². The molecule has 0 radical (unpaired) electrons. The number of hydrogen-bond acceptors (Lipinski definition) is 2. The molecule has 0 saturated heterocycles. The second kappa shape index (κ2) is 5.47. The van der Waals surface area contributed by atoms with Crippen molar-refractivity contribution in [1.82, 2.24) is 9.97 Å². The molecule has 124 valence electrons. The Balaban J connectivity index is 2.22. The molecule has 3 aromatic rings. The number of benzene rings is 1. The first-order chi connectivity index (χ1) is 11.2. The van der Waals surface area contributed by atoms with Crippen molar-refractivity contribution < 1.29 is 26.3 Å². The van der Waals surface area contributed by atoms with E-state index < -0.39 is 29.3 Å². The first-order valence-corrected chi connectivity index (χ1v) is 6.67. The van der Waals surface area contributed by atoms with E-state index in [4.69, 9.17) is 0 Å². The van der Waals surface area contributed by atoms with E-state index in [0.29, 0.717) is 16.8 Å². The highest BCUT2D eigenvalue weighted by Gasteiger charge is 2.40. The van der Waals surface area contributed by atoms with Crippen molar-refractivity contribution in [3.05, 3.63) is 60.0 Å². The molecule has 2 aromatic heterocycles. The molecule has 0 bridgehead atoms. The van der Waals surface area contributed by atoms with Crippen LogP contribution in [0.3, 0.4) is 0 Å². The van der Waals surface area contributed by atoms with E-state index in [1.807, 2.05) is 0 Å². The average Bonchev–Trinajstić information content (AvgIpc) is 2.52. The van der Waals surface area contributed by atoms with Gasteiger partial charge in [-0.1, -0.05) is 24.3 Å². The summed E-state index contributed by atoms with van der Waals surface area (Å²) < 4.78 is 77.4. The Hall–Kier alpha value is -2.64. The quantitative estimate of drug-likeness (QED) is 0.558. The molecule has 0 N–H and O–H groups in total. The summed E-state index contributed by atoms with van der Waals surface area (Å²) >= 11 is 0. The lowest BCUT2D eigenvalue weighted by Crippen LogP contribution is -2.16. The topological polar surface area (TPSA) is 25.8 Å². The Morgan fingerprint density at radius 2 is 1.42 bits per heavy atom. The zero-order valence-corrected chi connectivity index (χ0v) is 11.8. The summed E-state index contributed by atoms with van der Waals surface area (Å²) in [4.78, 5) is 6.70. The summed E-state index contributed by atoms with van der Waals surface area (Å²) in [7, 11) is 0. The van der Waals surface area contributed by atoms with Gasteiger partial charge in [0.25, 0.3) is 0 Å². The van der Waals surface area contributed by atoms with E-state index in [1.165, 1.54) is 12.3 Å². The number of halogens is 6. The fourth-order valence-corrected chi connectivity index (χ4v) is 2.27. The molecule has 1 aromatic carbocycles. The fraction of sp³-hybridized carbons (Fsp3) is 0.125. The highest BCUT2D eigenvalue weighted by Crippen LogP contribution is 2.38. The van der Waals surface area contributed by atoms with Crippen molar-refractivity contribution in [3.63, 3.8) is 0 Å². The summed E-state index contributed by atoms with van der Waals surface area (Å²) in [6.07, 6.45) is -8.64. The molecular formula is C16H8F6N2. The third-order valence-electron chi connectivity index (χ3n) is 3.36.